The Morgan fingerprint density at radius 3 is 1.49 bits per heavy atom. The van der Waals surface area contributed by atoms with Crippen LogP contribution in [0.15, 0.2) is 218 Å². The van der Waals surface area contributed by atoms with Crippen molar-refractivity contribution in [1.29, 1.82) is 0 Å². The Bertz CT molecular complexity index is 3180. The maximum Gasteiger partial charge on any atom is 0.0541 e. The van der Waals surface area contributed by atoms with E-state index in [0.29, 0.717) is 0 Å². The first-order chi connectivity index (χ1) is 29.2. The smallest absolute Gasteiger partial charge is 0.0541 e. The van der Waals surface area contributed by atoms with Crippen LogP contribution in [0.3, 0.4) is 0 Å². The quantitative estimate of drug-likeness (QED) is 0.157. The van der Waals surface area contributed by atoms with Gasteiger partial charge in [-0.2, -0.15) is 0 Å². The van der Waals surface area contributed by atoms with E-state index in [0.717, 1.165) is 17.1 Å². The van der Waals surface area contributed by atoms with Crippen LogP contribution in [-0.4, -0.2) is 4.57 Å². The van der Waals surface area contributed by atoms with Crippen molar-refractivity contribution in [2.75, 3.05) is 4.90 Å². The van der Waals surface area contributed by atoms with Gasteiger partial charge in [-0.25, -0.2) is 0 Å². The van der Waals surface area contributed by atoms with Gasteiger partial charge in [0.25, 0.3) is 0 Å². The summed E-state index contributed by atoms with van der Waals surface area (Å²) in [5, 5.41) is 5.13. The van der Waals surface area contributed by atoms with Crippen LogP contribution in [0.25, 0.3) is 81.0 Å². The molecule has 0 saturated heterocycles. The standard InChI is InChI=1S/C54H36N2S.C2H6/c1-4-14-43(15-5-1)55(44-16-6-2-7-17-44)46-33-41(32-42(34-46)40-29-31-54-50(36-40)48-21-11-13-23-53(48)57-54)38-26-24-37(25-27-38)39-28-30-52-49(35-39)47-20-10-12-22-51(47)56(52)45-18-8-3-9-19-45;1-2/h1-36H;1-2H3. The molecule has 0 N–H and O–H groups in total. The number of nitrogens with zero attached hydrogens (tertiary/aromatic N) is 2. The molecule has 2 aromatic heterocycles. The van der Waals surface area contributed by atoms with E-state index >= 15 is 0 Å². The molecule has 11 aromatic rings. The normalized spacial score (nSPS) is 11.2. The Balaban J connectivity index is 0.00000207. The first-order valence-corrected chi connectivity index (χ1v) is 21.2. The molecular formula is C56H42N2S. The molecule has 282 valence electrons. The van der Waals surface area contributed by atoms with Crippen molar-refractivity contribution in [3.8, 4) is 39.1 Å². The molecule has 59 heavy (non-hydrogen) atoms. The van der Waals surface area contributed by atoms with Gasteiger partial charge in [0.1, 0.15) is 0 Å². The summed E-state index contributed by atoms with van der Waals surface area (Å²) in [6.45, 7) is 4.00. The maximum atomic E-state index is 2.38. The molecule has 2 heterocycles. The molecule has 3 heteroatoms. The molecule has 0 amide bonds. The minimum absolute atomic E-state index is 1.11. The van der Waals surface area contributed by atoms with Crippen molar-refractivity contribution < 1.29 is 0 Å². The molecule has 0 fully saturated rings. The van der Waals surface area contributed by atoms with Crippen molar-refractivity contribution in [1.82, 2.24) is 4.57 Å². The van der Waals surface area contributed by atoms with Crippen molar-refractivity contribution >= 4 is 70.4 Å². The highest BCUT2D eigenvalue weighted by atomic mass is 32.1. The lowest BCUT2D eigenvalue weighted by molar-refractivity contribution is 1.18. The van der Waals surface area contributed by atoms with Crippen LogP contribution in [0, 0.1) is 0 Å². The van der Waals surface area contributed by atoms with Crippen LogP contribution in [0.4, 0.5) is 17.1 Å². The van der Waals surface area contributed by atoms with Gasteiger partial charge in [-0.3, -0.25) is 0 Å². The third-order valence-corrected chi connectivity index (χ3v) is 12.3. The first-order valence-electron chi connectivity index (χ1n) is 20.4. The van der Waals surface area contributed by atoms with Gasteiger partial charge in [-0.05, 0) is 124 Å². The van der Waals surface area contributed by atoms with E-state index < -0.39 is 0 Å². The fourth-order valence-electron chi connectivity index (χ4n) is 8.44. The lowest BCUT2D eigenvalue weighted by Gasteiger charge is -2.27. The molecule has 0 radical (unpaired) electrons. The number of para-hydroxylation sites is 4. The predicted molar refractivity (Wildman–Crippen MR) is 256 cm³/mol. The topological polar surface area (TPSA) is 8.17 Å². The SMILES string of the molecule is CC.c1ccc(N(c2ccccc2)c2cc(-c3ccc(-c4ccc5c(c4)c4ccccc4n5-c4ccccc4)cc3)cc(-c3ccc4sc5ccccc5c4c3)c2)cc1. The predicted octanol–water partition coefficient (Wildman–Crippen LogP) is 16.6. The fourth-order valence-corrected chi connectivity index (χ4v) is 9.53. The average Bonchev–Trinajstić information content (AvgIpc) is 3.86. The highest BCUT2D eigenvalue weighted by molar-refractivity contribution is 7.25. The molecule has 0 unspecified atom stereocenters. The van der Waals surface area contributed by atoms with E-state index in [9.17, 15) is 0 Å². The van der Waals surface area contributed by atoms with E-state index in [-0.39, 0.29) is 0 Å². The van der Waals surface area contributed by atoms with Gasteiger partial charge in [0.2, 0.25) is 0 Å². The number of aromatic nitrogens is 1. The Morgan fingerprint density at radius 1 is 0.322 bits per heavy atom. The highest BCUT2D eigenvalue weighted by Crippen LogP contribution is 2.42. The van der Waals surface area contributed by atoms with Crippen LogP contribution in [0.5, 0.6) is 0 Å². The Labute approximate surface area is 349 Å². The molecule has 9 aromatic carbocycles. The number of fused-ring (bicyclic) bond motifs is 6. The fraction of sp³-hybridized carbons (Fsp3) is 0.0357. The van der Waals surface area contributed by atoms with E-state index in [2.05, 4.69) is 228 Å². The first kappa shape index (κ1) is 36.2. The maximum absolute atomic E-state index is 2.38. The van der Waals surface area contributed by atoms with E-state index in [4.69, 9.17) is 0 Å². The largest absolute Gasteiger partial charge is 0.310 e. The minimum Gasteiger partial charge on any atom is -0.310 e. The summed E-state index contributed by atoms with van der Waals surface area (Å²) < 4.78 is 5.00. The number of anilines is 3. The Hall–Kier alpha value is -7.20. The van der Waals surface area contributed by atoms with Crippen LogP contribution >= 0.6 is 11.3 Å². The van der Waals surface area contributed by atoms with Gasteiger partial charge in [0.15, 0.2) is 0 Å². The van der Waals surface area contributed by atoms with Crippen molar-refractivity contribution in [2.24, 2.45) is 0 Å². The number of hydrogen-bond acceptors (Lipinski definition) is 2. The molecule has 0 spiro atoms. The average molecular weight is 775 g/mol. The molecule has 11 rings (SSSR count). The van der Waals surface area contributed by atoms with Gasteiger partial charge in [-0.1, -0.05) is 141 Å². The number of benzene rings is 9. The molecule has 0 aliphatic rings. The summed E-state index contributed by atoms with van der Waals surface area (Å²) in [6, 6.07) is 79.4. The van der Waals surface area contributed by atoms with Crippen molar-refractivity contribution in [2.45, 2.75) is 13.8 Å². The number of thiophene rings is 1. The summed E-state index contributed by atoms with van der Waals surface area (Å²) in [6.07, 6.45) is 0. The number of hydrogen-bond donors (Lipinski definition) is 0. The van der Waals surface area contributed by atoms with E-state index in [1.165, 1.54) is 81.0 Å². The van der Waals surface area contributed by atoms with Crippen LogP contribution in [0.2, 0.25) is 0 Å². The second-order valence-corrected chi connectivity index (χ2v) is 15.7. The lowest BCUT2D eigenvalue weighted by Crippen LogP contribution is -2.10. The molecular weight excluding hydrogens is 733 g/mol. The van der Waals surface area contributed by atoms with E-state index in [1.807, 2.05) is 25.2 Å². The van der Waals surface area contributed by atoms with Crippen molar-refractivity contribution in [3.05, 3.63) is 218 Å². The second kappa shape index (κ2) is 15.6. The zero-order chi connectivity index (χ0) is 39.7. The summed E-state index contributed by atoms with van der Waals surface area (Å²) >= 11 is 1.86. The Morgan fingerprint density at radius 2 is 0.797 bits per heavy atom. The van der Waals surface area contributed by atoms with Crippen LogP contribution < -0.4 is 4.90 Å². The monoisotopic (exact) mass is 774 g/mol. The molecule has 2 nitrogen and oxygen atoms in total. The molecule has 0 saturated carbocycles. The molecule has 0 aliphatic heterocycles. The van der Waals surface area contributed by atoms with Gasteiger partial charge in [-0.15, -0.1) is 11.3 Å². The zero-order valence-electron chi connectivity index (χ0n) is 33.1. The summed E-state index contributed by atoms with van der Waals surface area (Å²) in [5.41, 5.74) is 14.1. The van der Waals surface area contributed by atoms with Gasteiger partial charge >= 0.3 is 0 Å². The summed E-state index contributed by atoms with van der Waals surface area (Å²) in [7, 11) is 0. The summed E-state index contributed by atoms with van der Waals surface area (Å²) in [5.74, 6) is 0. The van der Waals surface area contributed by atoms with Gasteiger partial charge < -0.3 is 9.47 Å². The third-order valence-electron chi connectivity index (χ3n) is 11.2. The minimum atomic E-state index is 1.11. The van der Waals surface area contributed by atoms with Gasteiger partial charge in [0, 0.05) is 53.7 Å². The molecule has 0 atom stereocenters. The third kappa shape index (κ3) is 6.66. The van der Waals surface area contributed by atoms with Crippen LogP contribution in [0.1, 0.15) is 13.8 Å². The number of rotatable bonds is 7. The molecule has 0 aliphatic carbocycles. The zero-order valence-corrected chi connectivity index (χ0v) is 33.9. The Kier molecular flexibility index (Phi) is 9.58. The van der Waals surface area contributed by atoms with Gasteiger partial charge in [0.05, 0.1) is 11.0 Å². The van der Waals surface area contributed by atoms with Crippen LogP contribution in [-0.2, 0) is 0 Å². The van der Waals surface area contributed by atoms with Crippen molar-refractivity contribution in [3.63, 3.8) is 0 Å². The highest BCUT2D eigenvalue weighted by Gasteiger charge is 2.17. The van der Waals surface area contributed by atoms with E-state index in [1.54, 1.807) is 0 Å². The second-order valence-electron chi connectivity index (χ2n) is 14.6. The lowest BCUT2D eigenvalue weighted by atomic mass is 9.95. The summed E-state index contributed by atoms with van der Waals surface area (Å²) in [4.78, 5) is 2.36. The molecule has 0 bridgehead atoms.